The third-order valence-corrected chi connectivity index (χ3v) is 5.71. The van der Waals surface area contributed by atoms with E-state index in [0.717, 1.165) is 12.1 Å². The molecule has 0 spiro atoms. The molecular formula is C17H19Cl2FN2O3S. The summed E-state index contributed by atoms with van der Waals surface area (Å²) in [5.74, 6) is -0.353. The van der Waals surface area contributed by atoms with Gasteiger partial charge in [-0.25, -0.2) is 17.5 Å². The Morgan fingerprint density at radius 1 is 1.27 bits per heavy atom. The highest BCUT2D eigenvalue weighted by molar-refractivity contribution is 7.89. The molecule has 1 heterocycles. The molecule has 2 aromatic rings. The number of benzene rings is 2. The summed E-state index contributed by atoms with van der Waals surface area (Å²) in [7, 11) is -4.09. The number of rotatable bonds is 3. The van der Waals surface area contributed by atoms with Gasteiger partial charge in [-0.05, 0) is 50.2 Å². The van der Waals surface area contributed by atoms with Gasteiger partial charge in [-0.2, -0.15) is 0 Å². The fraction of sp³-hybridized carbons (Fsp3) is 0.294. The lowest BCUT2D eigenvalue weighted by atomic mass is 9.90. The van der Waals surface area contributed by atoms with Gasteiger partial charge >= 0.3 is 0 Å². The van der Waals surface area contributed by atoms with Gasteiger partial charge in [0.1, 0.15) is 22.1 Å². The van der Waals surface area contributed by atoms with E-state index in [9.17, 15) is 12.8 Å². The Bertz CT molecular complexity index is 936. The van der Waals surface area contributed by atoms with E-state index in [1.54, 1.807) is 18.2 Å². The number of fused-ring (bicyclic) bond motifs is 1. The van der Waals surface area contributed by atoms with Crippen LogP contribution in [0.5, 0.6) is 5.75 Å². The second-order valence-electron chi connectivity index (χ2n) is 6.61. The number of nitrogen functional groups attached to an aromatic ring is 1. The lowest BCUT2D eigenvalue weighted by Crippen LogP contribution is -2.41. The zero-order valence-corrected chi connectivity index (χ0v) is 16.5. The Morgan fingerprint density at radius 3 is 2.62 bits per heavy atom. The predicted molar refractivity (Wildman–Crippen MR) is 102 cm³/mol. The molecule has 0 radical (unpaired) electrons. The molecule has 0 aromatic heterocycles. The summed E-state index contributed by atoms with van der Waals surface area (Å²) in [6, 6.07) is 7.90. The number of anilines is 1. The van der Waals surface area contributed by atoms with Crippen molar-refractivity contribution in [1.82, 2.24) is 4.72 Å². The summed E-state index contributed by atoms with van der Waals surface area (Å²) in [5.41, 5.74) is 6.34. The van der Waals surface area contributed by atoms with Crippen molar-refractivity contribution in [2.24, 2.45) is 0 Å². The van der Waals surface area contributed by atoms with E-state index in [1.807, 2.05) is 13.8 Å². The summed E-state index contributed by atoms with van der Waals surface area (Å²) in [6.07, 6.45) is 0.373. The van der Waals surface area contributed by atoms with Gasteiger partial charge in [-0.1, -0.05) is 11.6 Å². The van der Waals surface area contributed by atoms with E-state index in [4.69, 9.17) is 22.1 Å². The average molecular weight is 421 g/mol. The first kappa shape index (κ1) is 20.8. The molecule has 26 heavy (non-hydrogen) atoms. The monoisotopic (exact) mass is 420 g/mol. The molecule has 0 saturated heterocycles. The maximum absolute atomic E-state index is 14.1. The van der Waals surface area contributed by atoms with Crippen molar-refractivity contribution >= 4 is 39.7 Å². The highest BCUT2D eigenvalue weighted by atomic mass is 35.5. The quantitative estimate of drug-likeness (QED) is 0.733. The largest absolute Gasteiger partial charge is 0.487 e. The Hall–Kier alpha value is -1.54. The fourth-order valence-electron chi connectivity index (χ4n) is 2.92. The number of ether oxygens (including phenoxy) is 1. The zero-order chi connectivity index (χ0) is 18.4. The van der Waals surface area contributed by atoms with Crippen LogP contribution in [0.15, 0.2) is 41.3 Å². The molecule has 1 atom stereocenters. The molecule has 1 aliphatic rings. The van der Waals surface area contributed by atoms with Gasteiger partial charge in [-0.3, -0.25) is 0 Å². The van der Waals surface area contributed by atoms with Crippen molar-refractivity contribution in [2.45, 2.75) is 36.8 Å². The highest BCUT2D eigenvalue weighted by Crippen LogP contribution is 2.41. The van der Waals surface area contributed by atoms with Crippen molar-refractivity contribution in [3.05, 3.63) is 52.8 Å². The summed E-state index contributed by atoms with van der Waals surface area (Å²) in [4.78, 5) is -0.452. The minimum absolute atomic E-state index is 0. The van der Waals surface area contributed by atoms with Crippen LogP contribution in [0.1, 0.15) is 31.9 Å². The average Bonchev–Trinajstić information content (AvgIpc) is 2.46. The molecule has 0 aliphatic carbocycles. The second-order valence-corrected chi connectivity index (χ2v) is 8.73. The lowest BCUT2D eigenvalue weighted by Gasteiger charge is -2.37. The Morgan fingerprint density at radius 2 is 1.96 bits per heavy atom. The smallest absolute Gasteiger partial charge is 0.244 e. The van der Waals surface area contributed by atoms with Crippen molar-refractivity contribution in [2.75, 3.05) is 5.73 Å². The molecule has 0 amide bonds. The molecule has 0 bridgehead atoms. The van der Waals surface area contributed by atoms with Gasteiger partial charge in [0.2, 0.25) is 10.0 Å². The zero-order valence-electron chi connectivity index (χ0n) is 14.1. The van der Waals surface area contributed by atoms with E-state index in [0.29, 0.717) is 23.4 Å². The summed E-state index contributed by atoms with van der Waals surface area (Å²) in [6.45, 7) is 3.72. The highest BCUT2D eigenvalue weighted by Gasteiger charge is 2.36. The van der Waals surface area contributed by atoms with Crippen LogP contribution in [0.2, 0.25) is 5.02 Å². The first-order chi connectivity index (χ1) is 11.6. The van der Waals surface area contributed by atoms with Crippen molar-refractivity contribution < 1.29 is 17.5 Å². The van der Waals surface area contributed by atoms with E-state index in [2.05, 4.69) is 4.72 Å². The lowest BCUT2D eigenvalue weighted by molar-refractivity contribution is 0.0702. The number of nitrogens with one attached hydrogen (secondary N) is 1. The van der Waals surface area contributed by atoms with Gasteiger partial charge in [-0.15, -0.1) is 12.4 Å². The van der Waals surface area contributed by atoms with E-state index in [1.165, 1.54) is 6.07 Å². The fourth-order valence-corrected chi connectivity index (χ4v) is 4.36. The number of hydrogen-bond acceptors (Lipinski definition) is 4. The van der Waals surface area contributed by atoms with Crippen LogP contribution < -0.4 is 15.2 Å². The van der Waals surface area contributed by atoms with E-state index >= 15 is 0 Å². The van der Waals surface area contributed by atoms with E-state index in [-0.39, 0.29) is 17.4 Å². The SMILES string of the molecule is CC1(C)CC(NS(=O)(=O)c2ccc(Cl)cc2F)c2cc(N)ccc2O1.Cl. The number of halogens is 3. The molecule has 0 fully saturated rings. The Labute approximate surface area is 163 Å². The second kappa shape index (κ2) is 7.23. The molecule has 2 aromatic carbocycles. The molecule has 9 heteroatoms. The number of hydrogen-bond donors (Lipinski definition) is 2. The van der Waals surface area contributed by atoms with Crippen LogP contribution in [0.25, 0.3) is 0 Å². The molecule has 0 saturated carbocycles. The third-order valence-electron chi connectivity index (χ3n) is 3.97. The minimum Gasteiger partial charge on any atom is -0.487 e. The first-order valence-corrected chi connectivity index (χ1v) is 9.49. The van der Waals surface area contributed by atoms with Crippen LogP contribution in [-0.4, -0.2) is 14.0 Å². The van der Waals surface area contributed by atoms with Crippen molar-refractivity contribution in [3.8, 4) is 5.75 Å². The maximum atomic E-state index is 14.1. The molecule has 142 valence electrons. The first-order valence-electron chi connectivity index (χ1n) is 7.63. The molecular weight excluding hydrogens is 402 g/mol. The van der Waals surface area contributed by atoms with Gasteiger partial charge in [0.15, 0.2) is 0 Å². The minimum atomic E-state index is -4.09. The normalized spacial score (nSPS) is 18.4. The number of nitrogens with two attached hydrogens (primary N) is 1. The molecule has 5 nitrogen and oxygen atoms in total. The van der Waals surface area contributed by atoms with Crippen LogP contribution in [0.3, 0.4) is 0 Å². The third kappa shape index (κ3) is 4.23. The van der Waals surface area contributed by atoms with Crippen molar-refractivity contribution in [1.29, 1.82) is 0 Å². The van der Waals surface area contributed by atoms with Crippen LogP contribution in [0, 0.1) is 5.82 Å². The predicted octanol–water partition coefficient (Wildman–Crippen LogP) is 4.06. The van der Waals surface area contributed by atoms with Crippen LogP contribution >= 0.6 is 24.0 Å². The molecule has 3 rings (SSSR count). The van der Waals surface area contributed by atoms with Gasteiger partial charge in [0.05, 0.1) is 6.04 Å². The number of sulfonamides is 1. The summed E-state index contributed by atoms with van der Waals surface area (Å²) in [5, 5.41) is 0.127. The van der Waals surface area contributed by atoms with Gasteiger partial charge < -0.3 is 10.5 Å². The molecule has 3 N–H and O–H groups in total. The maximum Gasteiger partial charge on any atom is 0.244 e. The standard InChI is InChI=1S/C17H18ClFN2O3S.ClH/c1-17(2)9-14(12-8-11(20)4-5-15(12)24-17)21-25(22,23)16-6-3-10(18)7-13(16)19;/h3-8,14,21H,9,20H2,1-2H3;1H. The van der Waals surface area contributed by atoms with Crippen molar-refractivity contribution in [3.63, 3.8) is 0 Å². The van der Waals surface area contributed by atoms with Gasteiger partial charge in [0, 0.05) is 22.7 Å². The van der Waals surface area contributed by atoms with Gasteiger partial charge in [0.25, 0.3) is 0 Å². The van der Waals surface area contributed by atoms with Crippen LogP contribution in [-0.2, 0) is 10.0 Å². The van der Waals surface area contributed by atoms with Crippen LogP contribution in [0.4, 0.5) is 10.1 Å². The Balaban J connectivity index is 0.00000243. The molecule has 1 aliphatic heterocycles. The summed E-state index contributed by atoms with van der Waals surface area (Å²) >= 11 is 5.70. The van der Waals surface area contributed by atoms with E-state index < -0.39 is 32.4 Å². The summed E-state index contributed by atoms with van der Waals surface area (Å²) < 4.78 is 47.9. The topological polar surface area (TPSA) is 81.4 Å². The molecule has 1 unspecified atom stereocenters. The Kier molecular flexibility index (Phi) is 5.77.